The van der Waals surface area contributed by atoms with Crippen LogP contribution in [0, 0.1) is 0 Å². The molecule has 2 N–H and O–H groups in total. The minimum Gasteiger partial charge on any atom is -0.481 e. The standard InChI is InChI=1S/C40H75NO4/c1-3-5-7-9-11-13-15-17-19-21-23-25-27-29-31-33-35-41(38(40(44)45)37-39(42)43)36-34-32-30-28-26-24-22-20-18-16-14-12-10-8-6-4-2/h17-20,38H,3-16,21-37H2,1-2H3,(H,42,43)(H,44,45)/t38-/m0/s1. The van der Waals surface area contributed by atoms with E-state index in [1.807, 2.05) is 4.90 Å². The molecule has 0 saturated carbocycles. The normalized spacial score (nSPS) is 12.6. The Kier molecular flexibility index (Phi) is 34.0. The van der Waals surface area contributed by atoms with Crippen LogP contribution in [0.25, 0.3) is 0 Å². The zero-order valence-corrected chi connectivity index (χ0v) is 30.0. The van der Waals surface area contributed by atoms with Crippen molar-refractivity contribution in [1.29, 1.82) is 0 Å². The van der Waals surface area contributed by atoms with E-state index in [1.165, 1.54) is 154 Å². The number of allylic oxidation sites excluding steroid dienone is 4. The van der Waals surface area contributed by atoms with Crippen LogP contribution in [0.4, 0.5) is 0 Å². The van der Waals surface area contributed by atoms with Gasteiger partial charge in [-0.15, -0.1) is 0 Å². The van der Waals surface area contributed by atoms with Crippen LogP contribution in [0.3, 0.4) is 0 Å². The van der Waals surface area contributed by atoms with Crippen molar-refractivity contribution in [2.24, 2.45) is 0 Å². The van der Waals surface area contributed by atoms with Gasteiger partial charge in [-0.25, -0.2) is 0 Å². The molecule has 45 heavy (non-hydrogen) atoms. The predicted molar refractivity (Wildman–Crippen MR) is 194 cm³/mol. The fourth-order valence-electron chi connectivity index (χ4n) is 6.09. The number of rotatable bonds is 36. The summed E-state index contributed by atoms with van der Waals surface area (Å²) in [4.78, 5) is 25.2. The van der Waals surface area contributed by atoms with Crippen molar-refractivity contribution >= 4 is 11.9 Å². The molecule has 0 amide bonds. The molecule has 0 unspecified atom stereocenters. The van der Waals surface area contributed by atoms with E-state index < -0.39 is 18.0 Å². The lowest BCUT2D eigenvalue weighted by molar-refractivity contribution is -0.149. The lowest BCUT2D eigenvalue weighted by Crippen LogP contribution is -2.43. The van der Waals surface area contributed by atoms with E-state index in [4.69, 9.17) is 0 Å². The lowest BCUT2D eigenvalue weighted by Gasteiger charge is -2.28. The van der Waals surface area contributed by atoms with E-state index in [-0.39, 0.29) is 6.42 Å². The maximum atomic E-state index is 11.9. The molecule has 0 radical (unpaired) electrons. The van der Waals surface area contributed by atoms with Gasteiger partial charge in [0.05, 0.1) is 6.42 Å². The van der Waals surface area contributed by atoms with Gasteiger partial charge in [-0.1, -0.05) is 154 Å². The fourth-order valence-corrected chi connectivity index (χ4v) is 6.09. The van der Waals surface area contributed by atoms with Crippen LogP contribution in [0.5, 0.6) is 0 Å². The Bertz CT molecular complexity index is 662. The first kappa shape index (κ1) is 43.4. The summed E-state index contributed by atoms with van der Waals surface area (Å²) in [6.45, 7) is 5.88. The van der Waals surface area contributed by atoms with E-state index >= 15 is 0 Å². The van der Waals surface area contributed by atoms with E-state index in [9.17, 15) is 19.8 Å². The number of hydrogen-bond donors (Lipinski definition) is 2. The maximum Gasteiger partial charge on any atom is 0.321 e. The van der Waals surface area contributed by atoms with Crippen LogP contribution in [0.2, 0.25) is 0 Å². The summed E-state index contributed by atoms with van der Waals surface area (Å²) < 4.78 is 0. The summed E-state index contributed by atoms with van der Waals surface area (Å²) in [6, 6.07) is -0.922. The van der Waals surface area contributed by atoms with Crippen molar-refractivity contribution in [3.05, 3.63) is 24.3 Å². The Labute approximate surface area is 279 Å². The number of unbranched alkanes of at least 4 members (excludes halogenated alkanes) is 24. The van der Waals surface area contributed by atoms with Crippen LogP contribution in [0.1, 0.15) is 200 Å². The van der Waals surface area contributed by atoms with Gasteiger partial charge in [-0.2, -0.15) is 0 Å². The van der Waals surface area contributed by atoms with Gasteiger partial charge in [0.25, 0.3) is 0 Å². The van der Waals surface area contributed by atoms with E-state index in [0.717, 1.165) is 25.7 Å². The van der Waals surface area contributed by atoms with Crippen molar-refractivity contribution in [3.8, 4) is 0 Å². The molecule has 0 aromatic carbocycles. The average Bonchev–Trinajstić information content (AvgIpc) is 3.02. The highest BCUT2D eigenvalue weighted by atomic mass is 16.4. The highest BCUT2D eigenvalue weighted by Gasteiger charge is 2.27. The SMILES string of the molecule is CCCCCCCCC=CCCCCCCCCN(CCCCCCCCC=CCCCCCCCC)[C@@H](CC(=O)O)C(=O)O. The molecule has 0 aliphatic rings. The van der Waals surface area contributed by atoms with Crippen molar-refractivity contribution in [1.82, 2.24) is 4.90 Å². The van der Waals surface area contributed by atoms with E-state index in [2.05, 4.69) is 38.2 Å². The minimum atomic E-state index is -1.03. The second kappa shape index (κ2) is 35.2. The quantitative estimate of drug-likeness (QED) is 0.0530. The molecule has 5 heteroatoms. The predicted octanol–water partition coefficient (Wildman–Crippen LogP) is 12.3. The Balaban J connectivity index is 4.01. The van der Waals surface area contributed by atoms with Crippen molar-refractivity contribution in [3.63, 3.8) is 0 Å². The van der Waals surface area contributed by atoms with E-state index in [0.29, 0.717) is 13.1 Å². The highest BCUT2D eigenvalue weighted by Crippen LogP contribution is 2.15. The topological polar surface area (TPSA) is 77.8 Å². The van der Waals surface area contributed by atoms with Crippen molar-refractivity contribution in [2.75, 3.05) is 13.1 Å². The number of hydrogen-bond acceptors (Lipinski definition) is 3. The Hall–Kier alpha value is -1.62. The molecule has 0 aliphatic carbocycles. The zero-order chi connectivity index (χ0) is 33.1. The van der Waals surface area contributed by atoms with Gasteiger partial charge in [-0.3, -0.25) is 14.5 Å². The molecule has 0 spiro atoms. The molecule has 0 bridgehead atoms. The summed E-state index contributed by atoms with van der Waals surface area (Å²) in [5.41, 5.74) is 0. The first-order chi connectivity index (χ1) is 22.0. The highest BCUT2D eigenvalue weighted by molar-refractivity contribution is 5.80. The summed E-state index contributed by atoms with van der Waals surface area (Å²) in [5, 5.41) is 19.1. The molecule has 1 atom stereocenters. The minimum absolute atomic E-state index is 0.325. The number of carboxylic acid groups (broad SMARTS) is 2. The molecule has 264 valence electrons. The number of aliphatic carboxylic acids is 2. The molecule has 0 aromatic heterocycles. The van der Waals surface area contributed by atoms with E-state index in [1.54, 1.807) is 0 Å². The second-order valence-corrected chi connectivity index (χ2v) is 13.4. The third kappa shape index (κ3) is 32.1. The van der Waals surface area contributed by atoms with Crippen LogP contribution < -0.4 is 0 Å². The number of carboxylic acids is 2. The van der Waals surface area contributed by atoms with Gasteiger partial charge in [-0.05, 0) is 77.3 Å². The molecule has 5 nitrogen and oxygen atoms in total. The molecule has 0 fully saturated rings. The second-order valence-electron chi connectivity index (χ2n) is 13.4. The van der Waals surface area contributed by atoms with Gasteiger partial charge in [0.1, 0.15) is 6.04 Å². The Morgan fingerprint density at radius 2 is 0.756 bits per heavy atom. The van der Waals surface area contributed by atoms with Gasteiger partial charge in [0.15, 0.2) is 0 Å². The van der Waals surface area contributed by atoms with Crippen LogP contribution in [0.15, 0.2) is 24.3 Å². The average molecular weight is 634 g/mol. The van der Waals surface area contributed by atoms with Gasteiger partial charge >= 0.3 is 11.9 Å². The van der Waals surface area contributed by atoms with Crippen LogP contribution in [-0.2, 0) is 9.59 Å². The smallest absolute Gasteiger partial charge is 0.321 e. The fraction of sp³-hybridized carbons (Fsp3) is 0.850. The summed E-state index contributed by atoms with van der Waals surface area (Å²) in [5.74, 6) is -2.04. The Morgan fingerprint density at radius 1 is 0.467 bits per heavy atom. The third-order valence-electron chi connectivity index (χ3n) is 9.01. The van der Waals surface area contributed by atoms with Crippen LogP contribution >= 0.6 is 0 Å². The molecule has 0 aromatic rings. The zero-order valence-electron chi connectivity index (χ0n) is 30.0. The van der Waals surface area contributed by atoms with Gasteiger partial charge < -0.3 is 10.2 Å². The summed E-state index contributed by atoms with van der Waals surface area (Å²) in [7, 11) is 0. The molecule has 0 rings (SSSR count). The number of nitrogens with zero attached hydrogens (tertiary/aromatic N) is 1. The summed E-state index contributed by atoms with van der Waals surface area (Å²) >= 11 is 0. The van der Waals surface area contributed by atoms with Gasteiger partial charge in [0, 0.05) is 0 Å². The van der Waals surface area contributed by atoms with Gasteiger partial charge in [0.2, 0.25) is 0 Å². The van der Waals surface area contributed by atoms with Crippen LogP contribution in [-0.4, -0.2) is 46.2 Å². The Morgan fingerprint density at radius 3 is 1.04 bits per heavy atom. The maximum absolute atomic E-state index is 11.9. The monoisotopic (exact) mass is 634 g/mol. The summed E-state index contributed by atoms with van der Waals surface area (Å²) in [6.07, 6.45) is 44.0. The first-order valence-corrected chi connectivity index (χ1v) is 19.5. The molecule has 0 heterocycles. The van der Waals surface area contributed by atoms with Crippen molar-refractivity contribution in [2.45, 2.75) is 206 Å². The lowest BCUT2D eigenvalue weighted by atomic mass is 10.1. The molecule has 0 aliphatic heterocycles. The first-order valence-electron chi connectivity index (χ1n) is 19.5. The largest absolute Gasteiger partial charge is 0.481 e. The molecular formula is C40H75NO4. The third-order valence-corrected chi connectivity index (χ3v) is 9.01. The van der Waals surface area contributed by atoms with Crippen molar-refractivity contribution < 1.29 is 19.8 Å². The molecule has 0 saturated heterocycles. The molecular weight excluding hydrogens is 558 g/mol. The number of carbonyl (C=O) groups is 2.